The first-order chi connectivity index (χ1) is 14.1. The summed E-state index contributed by atoms with van der Waals surface area (Å²) in [6.07, 6.45) is 0. The van der Waals surface area contributed by atoms with Crippen LogP contribution in [0.5, 0.6) is 0 Å². The lowest BCUT2D eigenvalue weighted by Gasteiger charge is -2.09. The lowest BCUT2D eigenvalue weighted by Crippen LogP contribution is -2.12. The number of carbonyl (C=O) groups is 2. The number of ketones is 1. The van der Waals surface area contributed by atoms with Crippen molar-refractivity contribution in [1.82, 2.24) is 0 Å². The minimum absolute atomic E-state index is 0.149. The summed E-state index contributed by atoms with van der Waals surface area (Å²) in [6.45, 7) is 4.11. The second kappa shape index (κ2) is 11.9. The first kappa shape index (κ1) is 21.7. The average molecular weight is 384 g/mol. The van der Waals surface area contributed by atoms with Crippen LogP contribution < -0.4 is 0 Å². The highest BCUT2D eigenvalue weighted by Gasteiger charge is 2.15. The molecule has 0 saturated carbocycles. The van der Waals surface area contributed by atoms with Crippen molar-refractivity contribution in [3.05, 3.63) is 108 Å². The van der Waals surface area contributed by atoms with Crippen LogP contribution in [-0.4, -0.2) is 18.4 Å². The zero-order valence-electron chi connectivity index (χ0n) is 16.7. The van der Waals surface area contributed by atoms with Gasteiger partial charge in [0.1, 0.15) is 0 Å². The maximum Gasteiger partial charge on any atom is 0.313 e. The largest absolute Gasteiger partial charge is 0.466 e. The minimum atomic E-state index is -0.166. The van der Waals surface area contributed by atoms with Crippen molar-refractivity contribution >= 4 is 11.8 Å². The van der Waals surface area contributed by atoms with E-state index in [1.807, 2.05) is 92.7 Å². The van der Waals surface area contributed by atoms with E-state index in [1.54, 1.807) is 12.1 Å². The Morgan fingerprint density at radius 2 is 1.34 bits per heavy atom. The minimum Gasteiger partial charge on any atom is -0.466 e. The van der Waals surface area contributed by atoms with Crippen LogP contribution in [0.15, 0.2) is 91.0 Å². The summed E-state index contributed by atoms with van der Waals surface area (Å²) in [5.74, 6) is 5.00. The average Bonchev–Trinajstić information content (AvgIpc) is 2.79. The molecule has 3 aromatic carbocycles. The van der Waals surface area contributed by atoms with E-state index in [1.165, 1.54) is 0 Å². The molecule has 0 fully saturated rings. The van der Waals surface area contributed by atoms with Crippen LogP contribution in [-0.2, 0) is 9.53 Å². The summed E-state index contributed by atoms with van der Waals surface area (Å²) < 4.78 is 4.92. The predicted octanol–water partition coefficient (Wildman–Crippen LogP) is 5.27. The lowest BCUT2D eigenvalue weighted by atomic mass is 10.0. The number of ether oxygens (including phenoxy) is 1. The van der Waals surface area contributed by atoms with Crippen molar-refractivity contribution in [3.63, 3.8) is 0 Å². The van der Waals surface area contributed by atoms with Gasteiger partial charge in [0, 0.05) is 11.1 Å². The van der Waals surface area contributed by atoms with E-state index in [2.05, 4.69) is 11.8 Å². The Balaban J connectivity index is 0.000000212. The highest BCUT2D eigenvalue weighted by atomic mass is 16.5. The molecule has 3 heteroatoms. The molecule has 0 bridgehead atoms. The Bertz CT molecular complexity index is 952. The smallest absolute Gasteiger partial charge is 0.313 e. The molecule has 29 heavy (non-hydrogen) atoms. The molecule has 0 N–H and O–H groups in total. The second-order valence-electron chi connectivity index (χ2n) is 6.20. The number of hydrogen-bond acceptors (Lipinski definition) is 3. The van der Waals surface area contributed by atoms with Crippen LogP contribution in [0.4, 0.5) is 0 Å². The molecule has 0 aliphatic carbocycles. The van der Waals surface area contributed by atoms with Crippen molar-refractivity contribution in [2.45, 2.75) is 19.8 Å². The zero-order chi connectivity index (χ0) is 20.9. The number of Topliss-reactive ketones (excluding diaryl/α,β-unsaturated/α-hetero) is 1. The molecular formula is C26H24O3. The van der Waals surface area contributed by atoms with Gasteiger partial charge in [0.2, 0.25) is 5.78 Å². The number of benzene rings is 3. The molecule has 1 atom stereocenters. The fraction of sp³-hybridized carbons (Fsp3) is 0.154. The third kappa shape index (κ3) is 7.48. The lowest BCUT2D eigenvalue weighted by molar-refractivity contribution is -0.144. The predicted molar refractivity (Wildman–Crippen MR) is 116 cm³/mol. The van der Waals surface area contributed by atoms with Gasteiger partial charge in [0.15, 0.2) is 0 Å². The summed E-state index contributed by atoms with van der Waals surface area (Å²) in [5, 5.41) is 0. The van der Waals surface area contributed by atoms with Crippen LogP contribution >= 0.6 is 0 Å². The quantitative estimate of drug-likeness (QED) is 0.349. The molecule has 0 radical (unpaired) electrons. The van der Waals surface area contributed by atoms with Crippen molar-refractivity contribution in [3.8, 4) is 11.8 Å². The van der Waals surface area contributed by atoms with Gasteiger partial charge in [-0.3, -0.25) is 9.59 Å². The second-order valence-corrected chi connectivity index (χ2v) is 6.20. The third-order valence-electron chi connectivity index (χ3n) is 4.07. The number of esters is 1. The maximum atomic E-state index is 11.6. The van der Waals surface area contributed by atoms with Crippen molar-refractivity contribution in [2.75, 3.05) is 6.61 Å². The Labute approximate surface area is 172 Å². The molecule has 0 aromatic heterocycles. The van der Waals surface area contributed by atoms with Gasteiger partial charge in [-0.2, -0.15) is 0 Å². The molecule has 3 nitrogen and oxygen atoms in total. The highest BCUT2D eigenvalue weighted by Crippen LogP contribution is 2.15. The fourth-order valence-electron chi connectivity index (χ4n) is 2.46. The molecule has 0 spiro atoms. The fourth-order valence-corrected chi connectivity index (χ4v) is 2.46. The van der Waals surface area contributed by atoms with Crippen molar-refractivity contribution in [1.29, 1.82) is 0 Å². The van der Waals surface area contributed by atoms with E-state index in [9.17, 15) is 9.59 Å². The first-order valence-electron chi connectivity index (χ1n) is 9.49. The summed E-state index contributed by atoms with van der Waals surface area (Å²) in [6, 6.07) is 28.2. The van der Waals surface area contributed by atoms with Crippen molar-refractivity contribution in [2.24, 2.45) is 0 Å². The molecule has 0 saturated heterocycles. The molecule has 0 amide bonds. The number of rotatable bonds is 4. The summed E-state index contributed by atoms with van der Waals surface area (Å²) in [4.78, 5) is 23.0. The molecule has 0 aliphatic heterocycles. The van der Waals surface area contributed by atoms with Crippen molar-refractivity contribution < 1.29 is 14.3 Å². The van der Waals surface area contributed by atoms with E-state index in [-0.39, 0.29) is 17.7 Å². The summed E-state index contributed by atoms with van der Waals surface area (Å²) in [7, 11) is 0. The van der Waals surface area contributed by atoms with Gasteiger partial charge in [-0.05, 0) is 37.5 Å². The van der Waals surface area contributed by atoms with Crippen LogP contribution in [0.3, 0.4) is 0 Å². The summed E-state index contributed by atoms with van der Waals surface area (Å²) >= 11 is 0. The SMILES string of the molecule is CCOC(=O)C(C)c1ccccc1.O=C(C#Cc1ccccc1)c1ccccc1. The van der Waals surface area contributed by atoms with Gasteiger partial charge >= 0.3 is 5.97 Å². The van der Waals surface area contributed by atoms with Gasteiger partial charge in [-0.25, -0.2) is 0 Å². The van der Waals surface area contributed by atoms with Gasteiger partial charge in [-0.15, -0.1) is 0 Å². The first-order valence-corrected chi connectivity index (χ1v) is 9.49. The Hall–Kier alpha value is -3.64. The van der Waals surface area contributed by atoms with E-state index in [0.29, 0.717) is 12.2 Å². The van der Waals surface area contributed by atoms with Crippen LogP contribution in [0, 0.1) is 11.8 Å². The molecule has 3 aromatic rings. The molecule has 1 unspecified atom stereocenters. The monoisotopic (exact) mass is 384 g/mol. The van der Waals surface area contributed by atoms with E-state index >= 15 is 0 Å². The normalized spacial score (nSPS) is 10.4. The zero-order valence-corrected chi connectivity index (χ0v) is 16.7. The van der Waals surface area contributed by atoms with Crippen LogP contribution in [0.2, 0.25) is 0 Å². The maximum absolute atomic E-state index is 11.6. The van der Waals surface area contributed by atoms with Gasteiger partial charge in [0.05, 0.1) is 12.5 Å². The number of hydrogen-bond donors (Lipinski definition) is 0. The molecule has 0 aliphatic rings. The van der Waals surface area contributed by atoms with Gasteiger partial charge in [-0.1, -0.05) is 84.8 Å². The van der Waals surface area contributed by atoms with Gasteiger partial charge < -0.3 is 4.74 Å². The standard InChI is InChI=1S/C15H10O.C11H14O2/c16-15(14-9-5-2-6-10-14)12-11-13-7-3-1-4-8-13;1-3-13-11(12)9(2)10-7-5-4-6-8-10/h1-10H;4-9H,3H2,1-2H3. The highest BCUT2D eigenvalue weighted by molar-refractivity contribution is 6.09. The number of carbonyl (C=O) groups excluding carboxylic acids is 2. The van der Waals surface area contributed by atoms with Crippen LogP contribution in [0.1, 0.15) is 41.3 Å². The Morgan fingerprint density at radius 3 is 1.90 bits per heavy atom. The Kier molecular flexibility index (Phi) is 8.92. The summed E-state index contributed by atoms with van der Waals surface area (Å²) in [5.41, 5.74) is 2.48. The van der Waals surface area contributed by atoms with E-state index < -0.39 is 0 Å². The molecular weight excluding hydrogens is 360 g/mol. The third-order valence-corrected chi connectivity index (χ3v) is 4.07. The molecule has 3 rings (SSSR count). The topological polar surface area (TPSA) is 43.4 Å². The molecule has 0 heterocycles. The van der Waals surface area contributed by atoms with E-state index in [4.69, 9.17) is 4.74 Å². The Morgan fingerprint density at radius 1 is 0.828 bits per heavy atom. The van der Waals surface area contributed by atoms with E-state index in [0.717, 1.165) is 11.1 Å². The van der Waals surface area contributed by atoms with Gasteiger partial charge in [0.25, 0.3) is 0 Å². The van der Waals surface area contributed by atoms with Crippen LogP contribution in [0.25, 0.3) is 0 Å². The molecule has 146 valence electrons.